The zero-order chi connectivity index (χ0) is 12.3. The Bertz CT molecular complexity index is 443. The van der Waals surface area contributed by atoms with Crippen molar-refractivity contribution in [2.45, 2.75) is 25.6 Å². The van der Waals surface area contributed by atoms with Gasteiger partial charge >= 0.3 is 5.97 Å². The third-order valence-electron chi connectivity index (χ3n) is 2.60. The average Bonchev–Trinajstić information content (AvgIpc) is 3.12. The smallest absolute Gasteiger partial charge is 0.303 e. The highest BCUT2D eigenvalue weighted by atomic mass is 16.6. The molecule has 0 bridgehead atoms. The molecule has 0 saturated carbocycles. The Morgan fingerprint density at radius 3 is 2.71 bits per heavy atom. The van der Waals surface area contributed by atoms with Gasteiger partial charge in [-0.1, -0.05) is 12.1 Å². The summed E-state index contributed by atoms with van der Waals surface area (Å²) in [5.74, 6) is -0.306. The van der Waals surface area contributed by atoms with Crippen molar-refractivity contribution in [1.82, 2.24) is 0 Å². The Balaban J connectivity index is 2.11. The molecule has 4 nitrogen and oxygen atoms in total. The summed E-state index contributed by atoms with van der Waals surface area (Å²) < 4.78 is 10.4. The SMILES string of the molecule is CC(=O)OC(CC1CO1)c1ccc(C#N)cc1. The summed E-state index contributed by atoms with van der Waals surface area (Å²) in [7, 11) is 0. The lowest BCUT2D eigenvalue weighted by atomic mass is 10.0. The predicted molar refractivity (Wildman–Crippen MR) is 60.0 cm³/mol. The first-order valence-electron chi connectivity index (χ1n) is 5.48. The zero-order valence-electron chi connectivity index (χ0n) is 9.55. The molecule has 0 amide bonds. The van der Waals surface area contributed by atoms with E-state index in [0.717, 1.165) is 12.2 Å². The number of nitriles is 1. The fourth-order valence-electron chi connectivity index (χ4n) is 1.67. The van der Waals surface area contributed by atoms with Crippen LogP contribution in [0.4, 0.5) is 0 Å². The van der Waals surface area contributed by atoms with Crippen LogP contribution in [-0.2, 0) is 14.3 Å². The molecule has 0 aliphatic carbocycles. The van der Waals surface area contributed by atoms with Crippen LogP contribution in [0, 0.1) is 11.3 Å². The number of rotatable bonds is 4. The van der Waals surface area contributed by atoms with Crippen molar-refractivity contribution in [3.63, 3.8) is 0 Å². The molecule has 2 atom stereocenters. The van der Waals surface area contributed by atoms with Gasteiger partial charge in [0, 0.05) is 13.3 Å². The summed E-state index contributed by atoms with van der Waals surface area (Å²) in [5, 5.41) is 8.71. The molecule has 1 aromatic carbocycles. The highest BCUT2D eigenvalue weighted by Crippen LogP contribution is 2.28. The van der Waals surface area contributed by atoms with Crippen LogP contribution in [0.5, 0.6) is 0 Å². The summed E-state index contributed by atoms with van der Waals surface area (Å²) in [4.78, 5) is 11.0. The van der Waals surface area contributed by atoms with Gasteiger partial charge in [-0.25, -0.2) is 0 Å². The highest BCUT2D eigenvalue weighted by Gasteiger charge is 2.29. The standard InChI is InChI=1S/C13H13NO3/c1-9(15)17-13(6-12-8-16-12)11-4-2-10(7-14)3-5-11/h2-5,12-13H,6,8H2,1H3. The van der Waals surface area contributed by atoms with Gasteiger partial charge in [0.2, 0.25) is 0 Å². The van der Waals surface area contributed by atoms with E-state index in [1.165, 1.54) is 6.92 Å². The number of carbonyl (C=O) groups is 1. The zero-order valence-corrected chi connectivity index (χ0v) is 9.55. The molecule has 0 spiro atoms. The number of benzene rings is 1. The number of esters is 1. The summed E-state index contributed by atoms with van der Waals surface area (Å²) in [5.41, 5.74) is 1.49. The summed E-state index contributed by atoms with van der Waals surface area (Å²) in [6, 6.07) is 9.13. The van der Waals surface area contributed by atoms with E-state index in [4.69, 9.17) is 14.7 Å². The minimum absolute atomic E-state index is 0.190. The van der Waals surface area contributed by atoms with Crippen LogP contribution in [0.1, 0.15) is 30.6 Å². The van der Waals surface area contributed by atoms with Gasteiger partial charge in [-0.2, -0.15) is 5.26 Å². The maximum Gasteiger partial charge on any atom is 0.303 e. The lowest BCUT2D eigenvalue weighted by molar-refractivity contribution is -0.147. The summed E-state index contributed by atoms with van der Waals surface area (Å²) in [6.07, 6.45) is 0.577. The number of hydrogen-bond acceptors (Lipinski definition) is 4. The Kier molecular flexibility index (Phi) is 3.40. The second kappa shape index (κ2) is 4.98. The maximum absolute atomic E-state index is 11.0. The van der Waals surface area contributed by atoms with E-state index in [2.05, 4.69) is 6.07 Å². The van der Waals surface area contributed by atoms with Crippen molar-refractivity contribution < 1.29 is 14.3 Å². The molecule has 4 heteroatoms. The van der Waals surface area contributed by atoms with Crippen LogP contribution in [0.25, 0.3) is 0 Å². The van der Waals surface area contributed by atoms with Crippen LogP contribution < -0.4 is 0 Å². The Morgan fingerprint density at radius 1 is 1.59 bits per heavy atom. The van der Waals surface area contributed by atoms with Gasteiger partial charge < -0.3 is 9.47 Å². The molecule has 1 saturated heterocycles. The second-order valence-corrected chi connectivity index (χ2v) is 4.02. The fourth-order valence-corrected chi connectivity index (χ4v) is 1.67. The lowest BCUT2D eigenvalue weighted by Gasteiger charge is -2.16. The quantitative estimate of drug-likeness (QED) is 0.587. The van der Waals surface area contributed by atoms with Crippen molar-refractivity contribution in [3.05, 3.63) is 35.4 Å². The molecule has 0 radical (unpaired) electrons. The van der Waals surface area contributed by atoms with E-state index in [1.54, 1.807) is 12.1 Å². The fraction of sp³-hybridized carbons (Fsp3) is 0.385. The van der Waals surface area contributed by atoms with Crippen molar-refractivity contribution >= 4 is 5.97 Å². The number of ether oxygens (including phenoxy) is 2. The van der Waals surface area contributed by atoms with Crippen LogP contribution >= 0.6 is 0 Å². The van der Waals surface area contributed by atoms with Gasteiger partial charge in [0.15, 0.2) is 0 Å². The molecular weight excluding hydrogens is 218 g/mol. The van der Waals surface area contributed by atoms with E-state index >= 15 is 0 Å². The van der Waals surface area contributed by atoms with Crippen molar-refractivity contribution in [1.29, 1.82) is 5.26 Å². The van der Waals surface area contributed by atoms with E-state index in [9.17, 15) is 4.79 Å². The van der Waals surface area contributed by atoms with Crippen molar-refractivity contribution in [2.75, 3.05) is 6.61 Å². The normalized spacial score (nSPS) is 19.2. The molecule has 2 rings (SSSR count). The van der Waals surface area contributed by atoms with Gasteiger partial charge in [-0.15, -0.1) is 0 Å². The minimum Gasteiger partial charge on any atom is -0.458 e. The lowest BCUT2D eigenvalue weighted by Crippen LogP contribution is -2.11. The molecule has 0 N–H and O–H groups in total. The molecule has 2 unspecified atom stereocenters. The first-order valence-corrected chi connectivity index (χ1v) is 5.48. The topological polar surface area (TPSA) is 62.6 Å². The number of epoxide rings is 1. The Hall–Kier alpha value is -1.86. The monoisotopic (exact) mass is 231 g/mol. The van der Waals surface area contributed by atoms with Gasteiger partial charge in [-0.05, 0) is 17.7 Å². The van der Waals surface area contributed by atoms with Crippen molar-refractivity contribution in [2.24, 2.45) is 0 Å². The number of carbonyl (C=O) groups excluding carboxylic acids is 1. The number of hydrogen-bond donors (Lipinski definition) is 0. The Morgan fingerprint density at radius 2 is 2.24 bits per heavy atom. The Labute approximate surface area is 99.8 Å². The van der Waals surface area contributed by atoms with Crippen LogP contribution in [0.3, 0.4) is 0 Å². The molecular formula is C13H13NO3. The molecule has 17 heavy (non-hydrogen) atoms. The molecule has 0 aromatic heterocycles. The van der Waals surface area contributed by atoms with Crippen LogP contribution in [0.2, 0.25) is 0 Å². The van der Waals surface area contributed by atoms with Gasteiger partial charge in [0.25, 0.3) is 0 Å². The molecule has 1 fully saturated rings. The minimum atomic E-state index is -0.306. The van der Waals surface area contributed by atoms with E-state index in [0.29, 0.717) is 12.0 Å². The third-order valence-corrected chi connectivity index (χ3v) is 2.60. The van der Waals surface area contributed by atoms with E-state index in [1.807, 2.05) is 12.1 Å². The van der Waals surface area contributed by atoms with Crippen LogP contribution in [0.15, 0.2) is 24.3 Å². The maximum atomic E-state index is 11.0. The summed E-state index contributed by atoms with van der Waals surface area (Å²) >= 11 is 0. The molecule has 1 aromatic rings. The average molecular weight is 231 g/mol. The van der Waals surface area contributed by atoms with Crippen LogP contribution in [-0.4, -0.2) is 18.7 Å². The van der Waals surface area contributed by atoms with Gasteiger partial charge in [0.1, 0.15) is 6.10 Å². The predicted octanol–water partition coefficient (Wildman–Crippen LogP) is 1.95. The molecule has 88 valence electrons. The first kappa shape index (κ1) is 11.6. The van der Waals surface area contributed by atoms with E-state index < -0.39 is 0 Å². The molecule has 1 aliphatic rings. The highest BCUT2D eigenvalue weighted by molar-refractivity contribution is 5.66. The van der Waals surface area contributed by atoms with Crippen molar-refractivity contribution in [3.8, 4) is 6.07 Å². The van der Waals surface area contributed by atoms with Gasteiger partial charge in [0.05, 0.1) is 24.3 Å². The first-order chi connectivity index (χ1) is 8.19. The largest absolute Gasteiger partial charge is 0.458 e. The molecule has 1 heterocycles. The third kappa shape index (κ3) is 3.30. The summed E-state index contributed by atoms with van der Waals surface area (Å²) in [6.45, 7) is 2.12. The number of nitrogens with zero attached hydrogens (tertiary/aromatic N) is 1. The van der Waals surface area contributed by atoms with Gasteiger partial charge in [-0.3, -0.25) is 4.79 Å². The molecule has 1 aliphatic heterocycles. The van der Waals surface area contributed by atoms with E-state index in [-0.39, 0.29) is 18.2 Å². The second-order valence-electron chi connectivity index (χ2n) is 4.02.